The molecule has 0 amide bonds. The largest absolute Gasteiger partial charge is 0.488 e. The molecule has 0 aliphatic rings. The zero-order chi connectivity index (χ0) is 30.0. The molecule has 218 valence electrons. The van der Waals surface area contributed by atoms with E-state index in [9.17, 15) is 0 Å². The highest BCUT2D eigenvalue weighted by atomic mass is 31.2. The minimum Gasteiger partial charge on any atom is -0.488 e. The van der Waals surface area contributed by atoms with Crippen LogP contribution in [0, 0.1) is 0 Å². The summed E-state index contributed by atoms with van der Waals surface area (Å²) >= 11 is 0. The minimum atomic E-state index is -0.817. The van der Waals surface area contributed by atoms with Crippen molar-refractivity contribution in [3.05, 3.63) is 181 Å². The first-order valence-corrected chi connectivity index (χ1v) is 17.8. The van der Waals surface area contributed by atoms with Crippen molar-refractivity contribution in [3.63, 3.8) is 0 Å². The average Bonchev–Trinajstić information content (AvgIpc) is 3.09. The molecule has 0 aromatic heterocycles. The smallest absolute Gasteiger partial charge is 0.127 e. The molecular formula is C40H36O2P2. The van der Waals surface area contributed by atoms with Gasteiger partial charge in [-0.2, -0.15) is 0 Å². The number of hydrogen-bond donors (Lipinski definition) is 0. The highest BCUT2D eigenvalue weighted by Gasteiger charge is 2.33. The topological polar surface area (TPSA) is 18.5 Å². The van der Waals surface area contributed by atoms with Crippen LogP contribution in [0.2, 0.25) is 0 Å². The van der Waals surface area contributed by atoms with Gasteiger partial charge in [-0.3, -0.25) is 0 Å². The quantitative estimate of drug-likeness (QED) is 0.129. The van der Waals surface area contributed by atoms with Crippen LogP contribution in [0.4, 0.5) is 0 Å². The number of ether oxygens (including phenoxy) is 2. The minimum absolute atomic E-state index is 0.285. The fourth-order valence-corrected chi connectivity index (χ4v) is 12.4. The second-order valence-corrected chi connectivity index (χ2v) is 16.0. The second-order valence-electron chi connectivity index (χ2n) is 10.5. The van der Waals surface area contributed by atoms with Gasteiger partial charge in [0.1, 0.15) is 24.7 Å². The lowest BCUT2D eigenvalue weighted by Crippen LogP contribution is -2.27. The molecule has 0 saturated heterocycles. The van der Waals surface area contributed by atoms with Crippen molar-refractivity contribution in [2.75, 3.05) is 0 Å². The van der Waals surface area contributed by atoms with E-state index in [-0.39, 0.29) is 5.40 Å². The maximum atomic E-state index is 6.58. The van der Waals surface area contributed by atoms with Gasteiger partial charge in [-0.1, -0.05) is 165 Å². The van der Waals surface area contributed by atoms with Gasteiger partial charge in [-0.15, -0.1) is 0 Å². The molecule has 0 aliphatic carbocycles. The predicted octanol–water partition coefficient (Wildman–Crippen LogP) is 8.76. The lowest BCUT2D eigenvalue weighted by Gasteiger charge is -2.34. The summed E-state index contributed by atoms with van der Waals surface area (Å²) in [7, 11) is -1.63. The Hall–Kier alpha value is -4.22. The van der Waals surface area contributed by atoms with Crippen molar-refractivity contribution in [2.45, 2.75) is 25.5 Å². The molecule has 6 aromatic carbocycles. The molecule has 2 atom stereocenters. The Bertz CT molecular complexity index is 1600. The van der Waals surface area contributed by atoms with Gasteiger partial charge in [-0.05, 0) is 49.7 Å². The Balaban J connectivity index is 1.42. The third kappa shape index (κ3) is 7.28. The number of para-hydroxylation sites is 2. The summed E-state index contributed by atoms with van der Waals surface area (Å²) in [4.78, 5) is 0. The standard InChI is InChI=1S/C40H36O2P2/c1-32(43(35-22-10-4-11-23-35)39-28-16-14-26-37(39)41-30-33-18-6-2-7-19-33)44(36-24-12-5-13-25-36)40-29-17-15-27-38(40)42-31-34-20-8-3-9-21-34/h2-29,32H,30-31H2,1H3. The summed E-state index contributed by atoms with van der Waals surface area (Å²) in [5.74, 6) is 1.91. The van der Waals surface area contributed by atoms with Gasteiger partial charge in [0, 0.05) is 16.0 Å². The molecule has 0 radical (unpaired) electrons. The van der Waals surface area contributed by atoms with Crippen LogP contribution in [0.3, 0.4) is 0 Å². The molecule has 0 bridgehead atoms. The first kappa shape index (κ1) is 29.8. The van der Waals surface area contributed by atoms with E-state index in [1.54, 1.807) is 0 Å². The zero-order valence-electron chi connectivity index (χ0n) is 24.9. The average molecular weight is 611 g/mol. The Morgan fingerprint density at radius 1 is 0.409 bits per heavy atom. The van der Waals surface area contributed by atoms with Crippen LogP contribution >= 0.6 is 15.8 Å². The summed E-state index contributed by atoms with van der Waals surface area (Å²) in [6.45, 7) is 3.50. The third-order valence-electron chi connectivity index (χ3n) is 7.54. The van der Waals surface area contributed by atoms with Crippen LogP contribution in [-0.2, 0) is 13.2 Å². The molecule has 0 fully saturated rings. The molecular weight excluding hydrogens is 574 g/mol. The Kier molecular flexibility index (Phi) is 10.2. The zero-order valence-corrected chi connectivity index (χ0v) is 26.7. The number of rotatable bonds is 12. The van der Waals surface area contributed by atoms with Gasteiger partial charge in [0.2, 0.25) is 0 Å². The second kappa shape index (κ2) is 15.0. The van der Waals surface area contributed by atoms with Gasteiger partial charge in [0.15, 0.2) is 0 Å². The normalized spacial score (nSPS) is 13.0. The maximum absolute atomic E-state index is 6.58. The summed E-state index contributed by atoms with van der Waals surface area (Å²) < 4.78 is 13.2. The van der Waals surface area contributed by atoms with E-state index in [1.807, 2.05) is 12.1 Å². The number of hydrogen-bond acceptors (Lipinski definition) is 2. The fraction of sp³-hybridized carbons (Fsp3) is 0.100. The van der Waals surface area contributed by atoms with Gasteiger partial charge < -0.3 is 9.47 Å². The van der Waals surface area contributed by atoms with Crippen LogP contribution < -0.4 is 30.7 Å². The third-order valence-corrected chi connectivity index (χ3v) is 13.9. The van der Waals surface area contributed by atoms with Crippen molar-refractivity contribution >= 4 is 37.1 Å². The molecule has 4 heteroatoms. The molecule has 2 nitrogen and oxygen atoms in total. The summed E-state index contributed by atoms with van der Waals surface area (Å²) in [5, 5.41) is 5.51. The lowest BCUT2D eigenvalue weighted by molar-refractivity contribution is 0.309. The van der Waals surface area contributed by atoms with Crippen LogP contribution in [0.25, 0.3) is 0 Å². The van der Waals surface area contributed by atoms with E-state index in [0.717, 1.165) is 22.6 Å². The highest BCUT2D eigenvalue weighted by Crippen LogP contribution is 2.58. The van der Waals surface area contributed by atoms with E-state index in [0.29, 0.717) is 13.2 Å². The van der Waals surface area contributed by atoms with Gasteiger partial charge in [0.25, 0.3) is 0 Å². The molecule has 0 N–H and O–H groups in total. The SMILES string of the molecule is CC(P(c1ccccc1)c1ccccc1OCc1ccccc1)P(c1ccccc1)c1ccccc1OCc1ccccc1. The van der Waals surface area contributed by atoms with Crippen LogP contribution in [0.15, 0.2) is 170 Å². The molecule has 6 aromatic rings. The first-order chi connectivity index (χ1) is 21.8. The first-order valence-electron chi connectivity index (χ1n) is 15.0. The highest BCUT2D eigenvalue weighted by molar-refractivity contribution is 7.89. The summed E-state index contributed by atoms with van der Waals surface area (Å²) in [6.07, 6.45) is 0. The number of benzene rings is 6. The van der Waals surface area contributed by atoms with Crippen molar-refractivity contribution in [1.82, 2.24) is 0 Å². The Labute approximate surface area is 263 Å². The van der Waals surface area contributed by atoms with E-state index < -0.39 is 15.8 Å². The molecule has 0 saturated carbocycles. The van der Waals surface area contributed by atoms with Crippen LogP contribution in [0.5, 0.6) is 11.5 Å². The fourth-order valence-electron chi connectivity index (χ4n) is 5.43. The predicted molar refractivity (Wildman–Crippen MR) is 189 cm³/mol. The molecule has 44 heavy (non-hydrogen) atoms. The van der Waals surface area contributed by atoms with Crippen LogP contribution in [-0.4, -0.2) is 5.40 Å². The maximum Gasteiger partial charge on any atom is 0.127 e. The molecule has 0 aliphatic heterocycles. The van der Waals surface area contributed by atoms with Crippen LogP contribution in [0.1, 0.15) is 18.1 Å². The Morgan fingerprint density at radius 3 is 1.11 bits per heavy atom. The van der Waals surface area contributed by atoms with Crippen molar-refractivity contribution in [1.29, 1.82) is 0 Å². The van der Waals surface area contributed by atoms with E-state index >= 15 is 0 Å². The monoisotopic (exact) mass is 610 g/mol. The molecule has 2 unspecified atom stereocenters. The van der Waals surface area contributed by atoms with Gasteiger partial charge in [-0.25, -0.2) is 0 Å². The van der Waals surface area contributed by atoms with E-state index in [2.05, 4.69) is 165 Å². The van der Waals surface area contributed by atoms with E-state index in [4.69, 9.17) is 9.47 Å². The van der Waals surface area contributed by atoms with Gasteiger partial charge >= 0.3 is 0 Å². The van der Waals surface area contributed by atoms with Crippen molar-refractivity contribution < 1.29 is 9.47 Å². The van der Waals surface area contributed by atoms with Crippen molar-refractivity contribution in [3.8, 4) is 11.5 Å². The molecule has 6 rings (SSSR count). The summed E-state index contributed by atoms with van der Waals surface area (Å²) in [6, 6.07) is 60.1. The molecule has 0 heterocycles. The lowest BCUT2D eigenvalue weighted by atomic mass is 10.2. The van der Waals surface area contributed by atoms with Gasteiger partial charge in [0.05, 0.1) is 0 Å². The Morgan fingerprint density at radius 2 is 0.727 bits per heavy atom. The molecule has 0 spiro atoms. The summed E-state index contributed by atoms with van der Waals surface area (Å²) in [5.41, 5.74) is 2.32. The van der Waals surface area contributed by atoms with E-state index in [1.165, 1.54) is 21.2 Å². The van der Waals surface area contributed by atoms with Crippen molar-refractivity contribution in [2.24, 2.45) is 0 Å².